The lowest BCUT2D eigenvalue weighted by Crippen LogP contribution is -2.48. The van der Waals surface area contributed by atoms with Crippen molar-refractivity contribution in [2.75, 3.05) is 19.8 Å². The highest BCUT2D eigenvalue weighted by molar-refractivity contribution is 5.79. The monoisotopic (exact) mass is 269 g/mol. The highest BCUT2D eigenvalue weighted by Crippen LogP contribution is 2.38. The molecule has 0 aliphatic carbocycles. The van der Waals surface area contributed by atoms with Crippen LogP contribution in [-0.2, 0) is 9.53 Å². The van der Waals surface area contributed by atoms with Crippen LogP contribution in [0.3, 0.4) is 0 Å². The first kappa shape index (κ1) is 16.5. The van der Waals surface area contributed by atoms with Gasteiger partial charge in [-0.1, -0.05) is 27.7 Å². The van der Waals surface area contributed by atoms with Gasteiger partial charge in [0, 0.05) is 31.7 Å². The number of hydrogen-bond donors (Lipinski definition) is 0. The van der Waals surface area contributed by atoms with E-state index in [0.29, 0.717) is 17.9 Å². The summed E-state index contributed by atoms with van der Waals surface area (Å²) in [5.41, 5.74) is 0.0967. The second kappa shape index (κ2) is 6.74. The van der Waals surface area contributed by atoms with Crippen LogP contribution in [0.4, 0.5) is 0 Å². The Morgan fingerprint density at radius 3 is 2.16 bits per heavy atom. The lowest BCUT2D eigenvalue weighted by atomic mass is 9.71. The van der Waals surface area contributed by atoms with Gasteiger partial charge in [-0.05, 0) is 38.0 Å². The molecule has 1 aliphatic heterocycles. The molecule has 0 aromatic carbocycles. The molecule has 2 unspecified atom stereocenters. The molecular formula is C16H31NO2. The summed E-state index contributed by atoms with van der Waals surface area (Å²) in [6, 6.07) is 0.309. The van der Waals surface area contributed by atoms with E-state index in [1.165, 1.54) is 0 Å². The topological polar surface area (TPSA) is 29.5 Å². The van der Waals surface area contributed by atoms with E-state index in [0.717, 1.165) is 32.6 Å². The van der Waals surface area contributed by atoms with Crippen LogP contribution in [0.25, 0.3) is 0 Å². The van der Waals surface area contributed by atoms with Crippen molar-refractivity contribution in [3.63, 3.8) is 0 Å². The Kier molecular flexibility index (Phi) is 5.84. The van der Waals surface area contributed by atoms with Crippen LogP contribution in [0, 0.1) is 17.3 Å². The Hall–Kier alpha value is -0.570. The predicted octanol–water partition coefficient (Wildman–Crippen LogP) is 3.33. The summed E-state index contributed by atoms with van der Waals surface area (Å²) < 4.78 is 5.44. The number of rotatable bonds is 5. The molecule has 0 radical (unpaired) electrons. The number of carbonyl (C=O) groups is 1. The fourth-order valence-corrected chi connectivity index (χ4v) is 2.82. The van der Waals surface area contributed by atoms with E-state index in [2.05, 4.69) is 46.4 Å². The fraction of sp³-hybridized carbons (Fsp3) is 0.938. The van der Waals surface area contributed by atoms with Crippen molar-refractivity contribution in [3.05, 3.63) is 0 Å². The van der Waals surface area contributed by atoms with Crippen molar-refractivity contribution in [1.29, 1.82) is 0 Å². The molecule has 1 fully saturated rings. The van der Waals surface area contributed by atoms with E-state index < -0.39 is 0 Å². The Morgan fingerprint density at radius 1 is 1.21 bits per heavy atom. The lowest BCUT2D eigenvalue weighted by Gasteiger charge is -2.42. The van der Waals surface area contributed by atoms with Crippen molar-refractivity contribution >= 4 is 5.91 Å². The summed E-state index contributed by atoms with van der Waals surface area (Å²) in [5.74, 6) is 0.893. The molecule has 1 amide bonds. The maximum Gasteiger partial charge on any atom is 0.226 e. The molecule has 19 heavy (non-hydrogen) atoms. The summed E-state index contributed by atoms with van der Waals surface area (Å²) >= 11 is 0. The zero-order valence-corrected chi connectivity index (χ0v) is 13.5. The first-order valence-corrected chi connectivity index (χ1v) is 7.71. The van der Waals surface area contributed by atoms with Crippen molar-refractivity contribution in [3.8, 4) is 0 Å². The standard InChI is InChI=1S/C16H31NO2/c1-7-17(14(5)12(2)3)15(18)13(4)16(6)8-10-19-11-9-16/h12-14H,7-11H2,1-6H3. The highest BCUT2D eigenvalue weighted by atomic mass is 16.5. The van der Waals surface area contributed by atoms with Crippen LogP contribution in [0.5, 0.6) is 0 Å². The normalized spacial score (nSPS) is 22.1. The van der Waals surface area contributed by atoms with Gasteiger partial charge < -0.3 is 9.64 Å². The fourth-order valence-electron chi connectivity index (χ4n) is 2.82. The van der Waals surface area contributed by atoms with Crippen LogP contribution in [0.2, 0.25) is 0 Å². The summed E-state index contributed by atoms with van der Waals surface area (Å²) in [6.45, 7) is 15.3. The Bertz CT molecular complexity index is 295. The van der Waals surface area contributed by atoms with Gasteiger partial charge in [-0.3, -0.25) is 4.79 Å². The van der Waals surface area contributed by atoms with Crippen LogP contribution >= 0.6 is 0 Å². The Morgan fingerprint density at radius 2 is 1.74 bits per heavy atom. The third kappa shape index (κ3) is 3.71. The van der Waals surface area contributed by atoms with Gasteiger partial charge in [0.2, 0.25) is 5.91 Å². The van der Waals surface area contributed by atoms with E-state index >= 15 is 0 Å². The molecule has 3 nitrogen and oxygen atoms in total. The summed E-state index contributed by atoms with van der Waals surface area (Å²) in [4.78, 5) is 14.9. The molecule has 1 aliphatic rings. The van der Waals surface area contributed by atoms with Gasteiger partial charge in [-0.2, -0.15) is 0 Å². The molecule has 2 atom stereocenters. The molecule has 1 rings (SSSR count). The van der Waals surface area contributed by atoms with E-state index in [-0.39, 0.29) is 11.3 Å². The van der Waals surface area contributed by atoms with E-state index in [1.54, 1.807) is 0 Å². The Labute approximate surface area is 118 Å². The SMILES string of the molecule is CCN(C(=O)C(C)C1(C)CCOCC1)C(C)C(C)C. The number of ether oxygens (including phenoxy) is 1. The van der Waals surface area contributed by atoms with Crippen LogP contribution in [0.1, 0.15) is 54.4 Å². The van der Waals surface area contributed by atoms with Gasteiger partial charge >= 0.3 is 0 Å². The minimum Gasteiger partial charge on any atom is -0.381 e. The van der Waals surface area contributed by atoms with Gasteiger partial charge in [0.1, 0.15) is 0 Å². The molecule has 112 valence electrons. The third-order valence-corrected chi connectivity index (χ3v) is 5.13. The Balaban J connectivity index is 2.78. The first-order valence-electron chi connectivity index (χ1n) is 7.71. The average molecular weight is 269 g/mol. The number of amides is 1. The van der Waals surface area contributed by atoms with Crippen LogP contribution in [-0.4, -0.2) is 36.6 Å². The van der Waals surface area contributed by atoms with E-state index in [9.17, 15) is 4.79 Å². The minimum atomic E-state index is 0.0811. The van der Waals surface area contributed by atoms with Gasteiger partial charge in [0.15, 0.2) is 0 Å². The van der Waals surface area contributed by atoms with Gasteiger partial charge in [-0.15, -0.1) is 0 Å². The molecule has 0 N–H and O–H groups in total. The molecule has 0 aromatic rings. The second-order valence-electron chi connectivity index (χ2n) is 6.60. The third-order valence-electron chi connectivity index (χ3n) is 5.13. The smallest absolute Gasteiger partial charge is 0.226 e. The van der Waals surface area contributed by atoms with Crippen LogP contribution in [0.15, 0.2) is 0 Å². The quantitative estimate of drug-likeness (QED) is 0.766. The summed E-state index contributed by atoms with van der Waals surface area (Å²) in [6.07, 6.45) is 1.99. The van der Waals surface area contributed by atoms with E-state index in [4.69, 9.17) is 4.74 Å². The molecular weight excluding hydrogens is 238 g/mol. The maximum atomic E-state index is 12.8. The number of nitrogens with zero attached hydrogens (tertiary/aromatic N) is 1. The zero-order valence-electron chi connectivity index (χ0n) is 13.5. The predicted molar refractivity (Wildman–Crippen MR) is 79.0 cm³/mol. The number of carbonyl (C=O) groups excluding carboxylic acids is 1. The number of hydrogen-bond acceptors (Lipinski definition) is 2. The highest BCUT2D eigenvalue weighted by Gasteiger charge is 2.39. The van der Waals surface area contributed by atoms with Crippen molar-refractivity contribution < 1.29 is 9.53 Å². The summed E-state index contributed by atoms with van der Waals surface area (Å²) in [5, 5.41) is 0. The van der Waals surface area contributed by atoms with Gasteiger partial charge in [0.25, 0.3) is 0 Å². The largest absolute Gasteiger partial charge is 0.381 e. The molecule has 0 saturated carbocycles. The molecule has 1 saturated heterocycles. The molecule has 3 heteroatoms. The molecule has 0 bridgehead atoms. The maximum absolute atomic E-state index is 12.8. The summed E-state index contributed by atoms with van der Waals surface area (Å²) in [7, 11) is 0. The molecule has 1 heterocycles. The molecule has 0 aromatic heterocycles. The van der Waals surface area contributed by atoms with Gasteiger partial charge in [-0.25, -0.2) is 0 Å². The first-order chi connectivity index (χ1) is 8.83. The minimum absolute atomic E-state index is 0.0811. The van der Waals surface area contributed by atoms with Crippen molar-refractivity contribution in [2.45, 2.75) is 60.4 Å². The second-order valence-corrected chi connectivity index (χ2v) is 6.60. The van der Waals surface area contributed by atoms with E-state index in [1.807, 2.05) is 0 Å². The lowest BCUT2D eigenvalue weighted by molar-refractivity contribution is -0.144. The molecule has 0 spiro atoms. The van der Waals surface area contributed by atoms with Gasteiger partial charge in [0.05, 0.1) is 0 Å². The van der Waals surface area contributed by atoms with Crippen LogP contribution < -0.4 is 0 Å². The zero-order chi connectivity index (χ0) is 14.6. The van der Waals surface area contributed by atoms with Crippen molar-refractivity contribution in [1.82, 2.24) is 4.90 Å². The average Bonchev–Trinajstić information content (AvgIpc) is 2.39. The van der Waals surface area contributed by atoms with Crippen molar-refractivity contribution in [2.24, 2.45) is 17.3 Å².